The molecule has 2 aromatic rings. The molecule has 4 heteroatoms. The van der Waals surface area contributed by atoms with Crippen molar-refractivity contribution in [3.8, 4) is 10.8 Å². The maximum Gasteiger partial charge on any atom is 0.181 e. The molecule has 0 bridgehead atoms. The van der Waals surface area contributed by atoms with Crippen molar-refractivity contribution in [2.75, 3.05) is 0 Å². The van der Waals surface area contributed by atoms with Gasteiger partial charge in [0.15, 0.2) is 10.8 Å². The van der Waals surface area contributed by atoms with Gasteiger partial charge in [-0.1, -0.05) is 0 Å². The number of aromatic nitrogens is 1. The zero-order valence-corrected chi connectivity index (χ0v) is 7.19. The molecule has 0 aliphatic heterocycles. The molecule has 11 heavy (non-hydrogen) atoms. The molecule has 0 aliphatic rings. The van der Waals surface area contributed by atoms with E-state index in [-0.39, 0.29) is 0 Å². The lowest BCUT2D eigenvalue weighted by Crippen LogP contribution is -1.74. The normalized spacial score (nSPS) is 9.82. The summed E-state index contributed by atoms with van der Waals surface area (Å²) < 4.78 is 9.35. The minimum Gasteiger partial charge on any atom is -0.444 e. The van der Waals surface area contributed by atoms with E-state index in [4.69, 9.17) is 4.74 Å². The molecule has 0 fully saturated rings. The van der Waals surface area contributed by atoms with Gasteiger partial charge < -0.3 is 4.74 Å². The van der Waals surface area contributed by atoms with E-state index in [9.17, 15) is 0 Å². The van der Waals surface area contributed by atoms with Gasteiger partial charge in [-0.3, -0.25) is 0 Å². The van der Waals surface area contributed by atoms with Crippen molar-refractivity contribution in [2.45, 2.75) is 0 Å². The molecule has 2 rings (SSSR count). The van der Waals surface area contributed by atoms with Crippen molar-refractivity contribution in [2.24, 2.45) is 0 Å². The quantitative estimate of drug-likeness (QED) is 0.714. The molecule has 0 unspecified atom stereocenters. The molecule has 2 nitrogen and oxygen atoms in total. The van der Waals surface area contributed by atoms with E-state index in [0.717, 1.165) is 10.8 Å². The third kappa shape index (κ3) is 1.58. The predicted octanol–water partition coefficient (Wildman–Crippen LogP) is 3.00. The van der Waals surface area contributed by atoms with Gasteiger partial charge in [0.1, 0.15) is 0 Å². The molecular weight excluding hydrogens is 178 g/mol. The van der Waals surface area contributed by atoms with Crippen molar-refractivity contribution in [1.29, 1.82) is 0 Å². The Morgan fingerprint density at radius 2 is 2.45 bits per heavy atom. The standard InChI is InChI=1S/C7H5NOS2/c1-2-7(10-3-1)9-6-4-8-11-5-6/h1-5H. The highest BCUT2D eigenvalue weighted by Crippen LogP contribution is 2.25. The summed E-state index contributed by atoms with van der Waals surface area (Å²) in [7, 11) is 0. The Labute approximate surface area is 72.2 Å². The molecule has 0 amide bonds. The van der Waals surface area contributed by atoms with Crippen LogP contribution >= 0.6 is 22.9 Å². The van der Waals surface area contributed by atoms with Gasteiger partial charge in [0.05, 0.1) is 11.6 Å². The second-order valence-corrected chi connectivity index (χ2v) is 3.46. The van der Waals surface area contributed by atoms with Crippen LogP contribution in [0.15, 0.2) is 29.1 Å². The Hall–Kier alpha value is -0.870. The molecule has 2 aromatic heterocycles. The minimum absolute atomic E-state index is 0.817. The average molecular weight is 183 g/mol. The van der Waals surface area contributed by atoms with Gasteiger partial charge in [0.25, 0.3) is 0 Å². The first-order valence-electron chi connectivity index (χ1n) is 3.06. The minimum atomic E-state index is 0.817. The Kier molecular flexibility index (Phi) is 1.87. The smallest absolute Gasteiger partial charge is 0.181 e. The lowest BCUT2D eigenvalue weighted by atomic mass is 10.6. The van der Waals surface area contributed by atoms with Crippen molar-refractivity contribution in [3.05, 3.63) is 29.1 Å². The highest BCUT2D eigenvalue weighted by Gasteiger charge is 1.96. The fraction of sp³-hybridized carbons (Fsp3) is 0. The van der Waals surface area contributed by atoms with Crippen molar-refractivity contribution < 1.29 is 4.74 Å². The molecule has 0 aliphatic carbocycles. The van der Waals surface area contributed by atoms with Gasteiger partial charge in [-0.25, -0.2) is 0 Å². The molecule has 0 spiro atoms. The molecule has 56 valence electrons. The van der Waals surface area contributed by atoms with Crippen LogP contribution in [0, 0.1) is 0 Å². The molecule has 0 aromatic carbocycles. The number of thiophene rings is 1. The molecule has 0 N–H and O–H groups in total. The second-order valence-electron chi connectivity index (χ2n) is 1.89. The Morgan fingerprint density at radius 1 is 1.45 bits per heavy atom. The maximum absolute atomic E-state index is 5.42. The lowest BCUT2D eigenvalue weighted by molar-refractivity contribution is 0.498. The van der Waals surface area contributed by atoms with E-state index < -0.39 is 0 Å². The van der Waals surface area contributed by atoms with Crippen LogP contribution in [0.4, 0.5) is 0 Å². The highest BCUT2D eigenvalue weighted by molar-refractivity contribution is 7.11. The van der Waals surface area contributed by atoms with Crippen LogP contribution in [0.2, 0.25) is 0 Å². The summed E-state index contributed by atoms with van der Waals surface area (Å²) in [6.45, 7) is 0. The molecule has 0 saturated carbocycles. The van der Waals surface area contributed by atoms with Crippen molar-refractivity contribution in [3.63, 3.8) is 0 Å². The van der Waals surface area contributed by atoms with Crippen LogP contribution in [0.3, 0.4) is 0 Å². The van der Waals surface area contributed by atoms with E-state index in [1.807, 2.05) is 22.9 Å². The Bertz CT molecular complexity index is 269. The summed E-state index contributed by atoms with van der Waals surface area (Å²) in [5.74, 6) is 0.817. The molecule has 0 atom stereocenters. The van der Waals surface area contributed by atoms with Gasteiger partial charge in [-0.05, 0) is 29.0 Å². The fourth-order valence-electron chi connectivity index (χ4n) is 0.683. The summed E-state index contributed by atoms with van der Waals surface area (Å²) in [5, 5.41) is 4.76. The first-order valence-corrected chi connectivity index (χ1v) is 4.77. The fourth-order valence-corrected chi connectivity index (χ4v) is 1.71. The third-order valence-electron chi connectivity index (χ3n) is 1.12. The number of rotatable bonds is 2. The summed E-state index contributed by atoms with van der Waals surface area (Å²) in [4.78, 5) is 0. The van der Waals surface area contributed by atoms with Crippen LogP contribution in [0.5, 0.6) is 10.8 Å². The average Bonchev–Trinajstić information content (AvgIpc) is 2.60. The summed E-state index contributed by atoms with van der Waals surface area (Å²) >= 11 is 2.97. The van der Waals surface area contributed by atoms with Crippen LogP contribution < -0.4 is 4.74 Å². The first-order chi connectivity index (χ1) is 5.45. The van der Waals surface area contributed by atoms with Crippen LogP contribution in [0.25, 0.3) is 0 Å². The SMILES string of the molecule is c1csc(Oc2cnsc2)c1. The van der Waals surface area contributed by atoms with E-state index >= 15 is 0 Å². The van der Waals surface area contributed by atoms with E-state index in [1.54, 1.807) is 17.5 Å². The van der Waals surface area contributed by atoms with E-state index in [2.05, 4.69) is 4.37 Å². The molecule has 2 heterocycles. The first kappa shape index (κ1) is 6.82. The highest BCUT2D eigenvalue weighted by atomic mass is 32.1. The molecular formula is C7H5NOS2. The van der Waals surface area contributed by atoms with Gasteiger partial charge in [0.2, 0.25) is 0 Å². The van der Waals surface area contributed by atoms with Crippen molar-refractivity contribution >= 4 is 22.9 Å². The van der Waals surface area contributed by atoms with Crippen molar-refractivity contribution in [1.82, 2.24) is 4.37 Å². The zero-order chi connectivity index (χ0) is 7.52. The largest absolute Gasteiger partial charge is 0.444 e. The number of hydrogen-bond donors (Lipinski definition) is 0. The van der Waals surface area contributed by atoms with E-state index in [1.165, 1.54) is 11.5 Å². The molecule has 0 saturated heterocycles. The van der Waals surface area contributed by atoms with Crippen LogP contribution in [-0.4, -0.2) is 4.37 Å². The van der Waals surface area contributed by atoms with Crippen LogP contribution in [-0.2, 0) is 0 Å². The number of ether oxygens (including phenoxy) is 1. The topological polar surface area (TPSA) is 22.1 Å². The summed E-state index contributed by atoms with van der Waals surface area (Å²) in [6.07, 6.45) is 1.71. The molecule has 0 radical (unpaired) electrons. The van der Waals surface area contributed by atoms with Gasteiger partial charge >= 0.3 is 0 Å². The van der Waals surface area contributed by atoms with Gasteiger partial charge in [-0.15, -0.1) is 11.3 Å². The summed E-state index contributed by atoms with van der Waals surface area (Å²) in [5.41, 5.74) is 0. The van der Waals surface area contributed by atoms with E-state index in [0.29, 0.717) is 0 Å². The van der Waals surface area contributed by atoms with Gasteiger partial charge in [0, 0.05) is 0 Å². The second kappa shape index (κ2) is 3.02. The predicted molar refractivity (Wildman–Crippen MR) is 46.5 cm³/mol. The monoisotopic (exact) mass is 183 g/mol. The number of nitrogens with zero attached hydrogens (tertiary/aromatic N) is 1. The van der Waals surface area contributed by atoms with Crippen LogP contribution in [0.1, 0.15) is 0 Å². The third-order valence-corrected chi connectivity index (χ3v) is 2.43. The number of hydrogen-bond acceptors (Lipinski definition) is 4. The Balaban J connectivity index is 2.14. The Morgan fingerprint density at radius 3 is 3.09 bits per heavy atom. The maximum atomic E-state index is 5.42. The lowest BCUT2D eigenvalue weighted by Gasteiger charge is -1.94. The summed E-state index contributed by atoms with van der Waals surface area (Å²) in [6, 6.07) is 3.89. The zero-order valence-electron chi connectivity index (χ0n) is 5.56. The van der Waals surface area contributed by atoms with Gasteiger partial charge in [-0.2, -0.15) is 4.37 Å².